The van der Waals surface area contributed by atoms with Crippen molar-refractivity contribution >= 4 is 34.8 Å². The van der Waals surface area contributed by atoms with E-state index in [2.05, 4.69) is 5.32 Å². The number of amides is 1. The number of nitrogen functional groups attached to an aromatic ring is 1. The molecule has 5 heteroatoms. The van der Waals surface area contributed by atoms with Gasteiger partial charge in [-0.15, -0.1) is 0 Å². The van der Waals surface area contributed by atoms with Crippen LogP contribution < -0.4 is 11.1 Å². The van der Waals surface area contributed by atoms with Gasteiger partial charge in [-0.1, -0.05) is 35.3 Å². The zero-order valence-corrected chi connectivity index (χ0v) is 12.4. The molecule has 3 N–H and O–H groups in total. The van der Waals surface area contributed by atoms with Gasteiger partial charge < -0.3 is 11.1 Å². The van der Waals surface area contributed by atoms with Crippen molar-refractivity contribution in [3.63, 3.8) is 0 Å². The van der Waals surface area contributed by atoms with Gasteiger partial charge in [-0.25, -0.2) is 0 Å². The van der Waals surface area contributed by atoms with Crippen LogP contribution >= 0.6 is 23.2 Å². The Labute approximate surface area is 127 Å². The summed E-state index contributed by atoms with van der Waals surface area (Å²) in [4.78, 5) is 12.2. The second-order valence-corrected chi connectivity index (χ2v) is 5.35. The fourth-order valence-corrected chi connectivity index (χ4v) is 2.16. The molecular weight excluding hydrogens is 295 g/mol. The van der Waals surface area contributed by atoms with Gasteiger partial charge in [-0.3, -0.25) is 4.79 Å². The monoisotopic (exact) mass is 308 g/mol. The van der Waals surface area contributed by atoms with Crippen molar-refractivity contribution in [2.45, 2.75) is 13.0 Å². The van der Waals surface area contributed by atoms with Crippen LogP contribution in [0.15, 0.2) is 42.5 Å². The maximum absolute atomic E-state index is 12.2. The van der Waals surface area contributed by atoms with E-state index in [1.54, 1.807) is 30.3 Å². The van der Waals surface area contributed by atoms with Crippen molar-refractivity contribution in [1.29, 1.82) is 0 Å². The Balaban J connectivity index is 2.13. The van der Waals surface area contributed by atoms with E-state index in [9.17, 15) is 4.79 Å². The second kappa shape index (κ2) is 6.16. The van der Waals surface area contributed by atoms with E-state index < -0.39 is 0 Å². The Hall–Kier alpha value is -1.71. The molecule has 0 heterocycles. The molecule has 0 aliphatic heterocycles. The van der Waals surface area contributed by atoms with Gasteiger partial charge in [0.2, 0.25) is 0 Å². The smallest absolute Gasteiger partial charge is 0.253 e. The van der Waals surface area contributed by atoms with Crippen molar-refractivity contribution in [1.82, 2.24) is 5.32 Å². The van der Waals surface area contributed by atoms with Gasteiger partial charge in [0.1, 0.15) is 0 Å². The highest BCUT2D eigenvalue weighted by molar-refractivity contribution is 6.31. The molecule has 2 rings (SSSR count). The van der Waals surface area contributed by atoms with E-state index in [0.717, 1.165) is 5.56 Å². The van der Waals surface area contributed by atoms with E-state index >= 15 is 0 Å². The van der Waals surface area contributed by atoms with Crippen molar-refractivity contribution in [3.8, 4) is 0 Å². The summed E-state index contributed by atoms with van der Waals surface area (Å²) in [5.74, 6) is -0.235. The summed E-state index contributed by atoms with van der Waals surface area (Å²) in [6.07, 6.45) is 0. The van der Waals surface area contributed by atoms with Crippen molar-refractivity contribution < 1.29 is 4.79 Å². The first-order chi connectivity index (χ1) is 9.47. The highest BCUT2D eigenvalue weighted by atomic mass is 35.5. The van der Waals surface area contributed by atoms with Crippen molar-refractivity contribution in [3.05, 3.63) is 63.6 Å². The summed E-state index contributed by atoms with van der Waals surface area (Å²) < 4.78 is 0. The molecule has 0 aliphatic carbocycles. The molecule has 0 spiro atoms. The molecule has 3 nitrogen and oxygen atoms in total. The average molecular weight is 309 g/mol. The minimum atomic E-state index is -0.235. The molecule has 0 radical (unpaired) electrons. The molecule has 0 aromatic heterocycles. The predicted octanol–water partition coefficient (Wildman–Crippen LogP) is 4.07. The van der Waals surface area contributed by atoms with Gasteiger partial charge in [0.25, 0.3) is 5.91 Å². The van der Waals surface area contributed by atoms with Gasteiger partial charge in [0.05, 0.1) is 11.6 Å². The van der Waals surface area contributed by atoms with Gasteiger partial charge in [0, 0.05) is 15.7 Å². The zero-order valence-electron chi connectivity index (χ0n) is 10.9. The van der Waals surface area contributed by atoms with Gasteiger partial charge in [-0.2, -0.15) is 0 Å². The van der Waals surface area contributed by atoms with E-state index in [1.165, 1.54) is 0 Å². The fourth-order valence-electron chi connectivity index (χ4n) is 1.85. The van der Waals surface area contributed by atoms with E-state index in [4.69, 9.17) is 28.9 Å². The number of nitrogens with two attached hydrogens (primary N) is 1. The van der Waals surface area contributed by atoms with Crippen LogP contribution in [0.25, 0.3) is 0 Å². The molecule has 0 saturated heterocycles. The first-order valence-corrected chi connectivity index (χ1v) is 6.84. The quantitative estimate of drug-likeness (QED) is 0.840. The SMILES string of the molecule is C[C@H](NC(=O)c1ccc(Cl)cc1N)c1ccc(Cl)cc1. The molecule has 0 aliphatic rings. The van der Waals surface area contributed by atoms with Crippen molar-refractivity contribution in [2.24, 2.45) is 0 Å². The lowest BCUT2D eigenvalue weighted by molar-refractivity contribution is 0.0941. The number of halogens is 2. The minimum absolute atomic E-state index is 0.144. The lowest BCUT2D eigenvalue weighted by Gasteiger charge is -2.15. The summed E-state index contributed by atoms with van der Waals surface area (Å²) in [5.41, 5.74) is 7.53. The summed E-state index contributed by atoms with van der Waals surface area (Å²) in [6, 6.07) is 12.0. The third-order valence-electron chi connectivity index (χ3n) is 2.98. The van der Waals surface area contributed by atoms with E-state index in [1.807, 2.05) is 19.1 Å². The zero-order chi connectivity index (χ0) is 14.7. The maximum Gasteiger partial charge on any atom is 0.253 e. The molecule has 0 saturated carbocycles. The largest absolute Gasteiger partial charge is 0.398 e. The summed E-state index contributed by atoms with van der Waals surface area (Å²) >= 11 is 11.7. The molecular formula is C15H14Cl2N2O. The summed E-state index contributed by atoms with van der Waals surface area (Å²) in [7, 11) is 0. The highest BCUT2D eigenvalue weighted by Crippen LogP contribution is 2.20. The molecule has 1 amide bonds. The standard InChI is InChI=1S/C15H14Cl2N2O/c1-9(10-2-4-11(16)5-3-10)19-15(20)13-7-6-12(17)8-14(13)18/h2-9H,18H2,1H3,(H,19,20)/t9-/m0/s1. The molecule has 2 aromatic carbocycles. The lowest BCUT2D eigenvalue weighted by atomic mass is 10.1. The number of nitrogens with one attached hydrogen (secondary N) is 1. The molecule has 20 heavy (non-hydrogen) atoms. The molecule has 0 fully saturated rings. The van der Waals surface area contributed by atoms with Crippen LogP contribution in [0, 0.1) is 0 Å². The van der Waals surface area contributed by atoms with Crippen LogP contribution in [0.1, 0.15) is 28.9 Å². The van der Waals surface area contributed by atoms with Gasteiger partial charge in [0.15, 0.2) is 0 Å². The second-order valence-electron chi connectivity index (χ2n) is 4.48. The Bertz CT molecular complexity index is 626. The van der Waals surface area contributed by atoms with Gasteiger partial charge in [-0.05, 0) is 42.8 Å². The van der Waals surface area contributed by atoms with Crippen LogP contribution in [0.3, 0.4) is 0 Å². The van der Waals surface area contributed by atoms with Gasteiger partial charge >= 0.3 is 0 Å². The van der Waals surface area contributed by atoms with Crippen LogP contribution in [0.5, 0.6) is 0 Å². The van der Waals surface area contributed by atoms with Crippen LogP contribution in [-0.4, -0.2) is 5.91 Å². The Morgan fingerprint density at radius 1 is 1.10 bits per heavy atom. The number of carbonyl (C=O) groups is 1. The van der Waals surface area contributed by atoms with Crippen LogP contribution in [-0.2, 0) is 0 Å². The highest BCUT2D eigenvalue weighted by Gasteiger charge is 2.14. The fraction of sp³-hybridized carbons (Fsp3) is 0.133. The first-order valence-electron chi connectivity index (χ1n) is 6.08. The maximum atomic E-state index is 12.2. The van der Waals surface area contributed by atoms with Crippen molar-refractivity contribution in [2.75, 3.05) is 5.73 Å². The number of benzene rings is 2. The Morgan fingerprint density at radius 3 is 2.30 bits per heavy atom. The summed E-state index contributed by atoms with van der Waals surface area (Å²) in [5, 5.41) is 4.05. The number of carbonyl (C=O) groups excluding carboxylic acids is 1. The predicted molar refractivity (Wildman–Crippen MR) is 83.2 cm³/mol. The van der Waals surface area contributed by atoms with E-state index in [-0.39, 0.29) is 11.9 Å². The third-order valence-corrected chi connectivity index (χ3v) is 3.46. The average Bonchev–Trinajstić information content (AvgIpc) is 2.39. The number of hydrogen-bond donors (Lipinski definition) is 2. The lowest BCUT2D eigenvalue weighted by Crippen LogP contribution is -2.27. The van der Waals surface area contributed by atoms with Crippen LogP contribution in [0.2, 0.25) is 10.0 Å². The molecule has 0 unspecified atom stereocenters. The minimum Gasteiger partial charge on any atom is -0.398 e. The summed E-state index contributed by atoms with van der Waals surface area (Å²) in [6.45, 7) is 1.90. The molecule has 2 aromatic rings. The molecule has 104 valence electrons. The molecule has 1 atom stereocenters. The number of anilines is 1. The van der Waals surface area contributed by atoms with Crippen LogP contribution in [0.4, 0.5) is 5.69 Å². The Kier molecular flexibility index (Phi) is 4.53. The normalized spacial score (nSPS) is 11.9. The number of rotatable bonds is 3. The first kappa shape index (κ1) is 14.7. The third kappa shape index (κ3) is 3.44. The molecule has 0 bridgehead atoms. The topological polar surface area (TPSA) is 55.1 Å². The number of hydrogen-bond acceptors (Lipinski definition) is 2. The van der Waals surface area contributed by atoms with E-state index in [0.29, 0.717) is 21.3 Å². The Morgan fingerprint density at radius 2 is 1.70 bits per heavy atom.